The molecule has 1 heterocycles. The van der Waals surface area contributed by atoms with Gasteiger partial charge in [-0.25, -0.2) is 10.2 Å². The summed E-state index contributed by atoms with van der Waals surface area (Å²) in [7, 11) is 0. The molecule has 0 spiro atoms. The first kappa shape index (κ1) is 22.1. The number of aryl methyl sites for hydroxylation is 1. The Hall–Kier alpha value is -3.09. The van der Waals surface area contributed by atoms with E-state index in [-0.39, 0.29) is 28.9 Å². The van der Waals surface area contributed by atoms with E-state index in [0.717, 1.165) is 17.5 Å². The standard InChI is InChI=1S/C24H20Cl2N2O4/c1-14-22-18(27-28-21(29)12-15-6-3-2-4-7-15)8-5-9-20(22)31-23(14)24(30)32-19-11-10-16(25)13-17(19)26/h2-4,6-7,10-11,13H,5,8-9,12H2,1H3,(H,28,29)/b27-18+. The van der Waals surface area contributed by atoms with E-state index < -0.39 is 5.97 Å². The quantitative estimate of drug-likeness (QED) is 0.302. The fourth-order valence-electron chi connectivity index (χ4n) is 3.63. The smallest absolute Gasteiger partial charge is 0.379 e. The van der Waals surface area contributed by atoms with Crippen molar-refractivity contribution in [3.8, 4) is 5.75 Å². The average Bonchev–Trinajstić information content (AvgIpc) is 3.12. The van der Waals surface area contributed by atoms with Gasteiger partial charge in [-0.15, -0.1) is 0 Å². The van der Waals surface area contributed by atoms with E-state index in [0.29, 0.717) is 34.9 Å². The lowest BCUT2D eigenvalue weighted by Crippen LogP contribution is -2.23. The van der Waals surface area contributed by atoms with Crippen molar-refractivity contribution in [1.29, 1.82) is 0 Å². The van der Waals surface area contributed by atoms with Gasteiger partial charge >= 0.3 is 5.97 Å². The molecule has 164 valence electrons. The third kappa shape index (κ3) is 4.87. The normalized spacial score (nSPS) is 14.2. The van der Waals surface area contributed by atoms with Crippen LogP contribution in [-0.2, 0) is 17.6 Å². The van der Waals surface area contributed by atoms with Gasteiger partial charge in [0.25, 0.3) is 0 Å². The monoisotopic (exact) mass is 470 g/mol. The molecule has 4 rings (SSSR count). The van der Waals surface area contributed by atoms with Crippen molar-refractivity contribution in [3.05, 3.63) is 86.8 Å². The van der Waals surface area contributed by atoms with Gasteiger partial charge in [0.05, 0.1) is 17.2 Å². The molecule has 1 N–H and O–H groups in total. The number of esters is 1. The zero-order chi connectivity index (χ0) is 22.7. The van der Waals surface area contributed by atoms with Crippen molar-refractivity contribution in [3.63, 3.8) is 0 Å². The summed E-state index contributed by atoms with van der Waals surface area (Å²) >= 11 is 12.0. The molecule has 6 nitrogen and oxygen atoms in total. The van der Waals surface area contributed by atoms with E-state index in [4.69, 9.17) is 32.4 Å². The first-order valence-corrected chi connectivity index (χ1v) is 10.9. The van der Waals surface area contributed by atoms with Gasteiger partial charge in [0.2, 0.25) is 11.7 Å². The van der Waals surface area contributed by atoms with Crippen molar-refractivity contribution >= 4 is 40.8 Å². The van der Waals surface area contributed by atoms with Gasteiger partial charge in [0.15, 0.2) is 0 Å². The number of carbonyl (C=O) groups is 2. The highest BCUT2D eigenvalue weighted by Gasteiger charge is 2.29. The van der Waals surface area contributed by atoms with Gasteiger partial charge in [-0.3, -0.25) is 4.79 Å². The Morgan fingerprint density at radius 2 is 1.91 bits per heavy atom. The molecule has 32 heavy (non-hydrogen) atoms. The summed E-state index contributed by atoms with van der Waals surface area (Å²) in [6.45, 7) is 1.77. The summed E-state index contributed by atoms with van der Waals surface area (Å²) in [5, 5.41) is 5.00. The van der Waals surface area contributed by atoms with Crippen LogP contribution in [0.2, 0.25) is 10.0 Å². The molecule has 8 heteroatoms. The third-order valence-electron chi connectivity index (χ3n) is 5.13. The summed E-state index contributed by atoms with van der Waals surface area (Å²) in [6.07, 6.45) is 2.36. The van der Waals surface area contributed by atoms with Gasteiger partial charge in [-0.2, -0.15) is 5.10 Å². The van der Waals surface area contributed by atoms with E-state index in [1.165, 1.54) is 12.1 Å². The summed E-state index contributed by atoms with van der Waals surface area (Å²) in [4.78, 5) is 25.0. The minimum absolute atomic E-state index is 0.0891. The lowest BCUT2D eigenvalue weighted by atomic mass is 9.93. The fourth-order valence-corrected chi connectivity index (χ4v) is 4.08. The number of amides is 1. The van der Waals surface area contributed by atoms with Crippen LogP contribution in [0.4, 0.5) is 0 Å². The highest BCUT2D eigenvalue weighted by Crippen LogP contribution is 2.32. The molecule has 1 aromatic heterocycles. The lowest BCUT2D eigenvalue weighted by Gasteiger charge is -2.13. The largest absolute Gasteiger partial charge is 0.453 e. The Kier molecular flexibility index (Phi) is 6.63. The Balaban J connectivity index is 1.52. The van der Waals surface area contributed by atoms with Crippen molar-refractivity contribution in [2.45, 2.75) is 32.6 Å². The number of nitrogens with one attached hydrogen (secondary N) is 1. The van der Waals surface area contributed by atoms with Crippen molar-refractivity contribution in [2.75, 3.05) is 0 Å². The molecule has 0 aliphatic heterocycles. The number of fused-ring (bicyclic) bond motifs is 1. The van der Waals surface area contributed by atoms with Crippen LogP contribution in [0.5, 0.6) is 5.75 Å². The Morgan fingerprint density at radius 3 is 2.66 bits per heavy atom. The van der Waals surface area contributed by atoms with Crippen LogP contribution in [0.15, 0.2) is 58.0 Å². The number of hydrogen-bond donors (Lipinski definition) is 1. The second kappa shape index (κ2) is 9.59. The molecule has 0 radical (unpaired) electrons. The summed E-state index contributed by atoms with van der Waals surface area (Å²) in [5.41, 5.74) is 5.56. The molecule has 0 atom stereocenters. The van der Waals surface area contributed by atoms with E-state index in [9.17, 15) is 9.59 Å². The molecular weight excluding hydrogens is 451 g/mol. The summed E-state index contributed by atoms with van der Waals surface area (Å²) < 4.78 is 11.2. The first-order chi connectivity index (χ1) is 15.4. The minimum atomic E-state index is -0.659. The number of hydrazone groups is 1. The van der Waals surface area contributed by atoms with E-state index in [1.54, 1.807) is 13.0 Å². The molecular formula is C24H20Cl2N2O4. The minimum Gasteiger partial charge on any atom is -0.453 e. The van der Waals surface area contributed by atoms with Gasteiger partial charge in [-0.1, -0.05) is 53.5 Å². The predicted molar refractivity (Wildman–Crippen MR) is 123 cm³/mol. The SMILES string of the molecule is Cc1c(C(=O)Oc2ccc(Cl)cc2Cl)oc2c1/C(=N/NC(=O)Cc1ccccc1)CCC2. The number of benzene rings is 2. The zero-order valence-electron chi connectivity index (χ0n) is 17.3. The van der Waals surface area contributed by atoms with Gasteiger partial charge in [-0.05, 0) is 43.5 Å². The average molecular weight is 471 g/mol. The van der Waals surface area contributed by atoms with Gasteiger partial charge in [0.1, 0.15) is 11.5 Å². The molecule has 3 aromatic rings. The summed E-state index contributed by atoms with van der Waals surface area (Å²) in [6, 6.07) is 14.0. The number of carbonyl (C=O) groups excluding carboxylic acids is 2. The third-order valence-corrected chi connectivity index (χ3v) is 5.66. The van der Waals surface area contributed by atoms with Crippen LogP contribution < -0.4 is 10.2 Å². The molecule has 1 aliphatic rings. The second-order valence-corrected chi connectivity index (χ2v) is 8.27. The van der Waals surface area contributed by atoms with Gasteiger partial charge < -0.3 is 9.15 Å². The molecule has 0 saturated heterocycles. The van der Waals surface area contributed by atoms with Crippen LogP contribution in [0.3, 0.4) is 0 Å². The van der Waals surface area contributed by atoms with E-state index >= 15 is 0 Å². The Bertz CT molecular complexity index is 1200. The Morgan fingerprint density at radius 1 is 1.12 bits per heavy atom. The molecule has 0 unspecified atom stereocenters. The van der Waals surface area contributed by atoms with Crippen molar-refractivity contribution in [2.24, 2.45) is 5.10 Å². The van der Waals surface area contributed by atoms with E-state index in [1.807, 2.05) is 30.3 Å². The zero-order valence-corrected chi connectivity index (χ0v) is 18.8. The molecule has 0 bridgehead atoms. The Labute approximate surface area is 195 Å². The van der Waals surface area contributed by atoms with Crippen LogP contribution in [0.25, 0.3) is 0 Å². The molecule has 0 fully saturated rings. The van der Waals surface area contributed by atoms with Crippen molar-refractivity contribution in [1.82, 2.24) is 5.43 Å². The van der Waals surface area contributed by atoms with Crippen molar-refractivity contribution < 1.29 is 18.7 Å². The molecule has 1 amide bonds. The fraction of sp³-hybridized carbons (Fsp3) is 0.208. The molecule has 2 aromatic carbocycles. The van der Waals surface area contributed by atoms with Crippen LogP contribution >= 0.6 is 23.2 Å². The number of furan rings is 1. The highest BCUT2D eigenvalue weighted by atomic mass is 35.5. The number of rotatable bonds is 5. The number of nitrogens with zero attached hydrogens (tertiary/aromatic N) is 1. The number of halogens is 2. The topological polar surface area (TPSA) is 80.9 Å². The predicted octanol–water partition coefficient (Wildman–Crippen LogP) is 5.51. The van der Waals surface area contributed by atoms with Crippen LogP contribution in [0.1, 0.15) is 45.8 Å². The summed E-state index contributed by atoms with van der Waals surface area (Å²) in [5.74, 6) is 0.0599. The first-order valence-electron chi connectivity index (χ1n) is 10.1. The molecule has 0 saturated carbocycles. The number of hydrogen-bond acceptors (Lipinski definition) is 5. The lowest BCUT2D eigenvalue weighted by molar-refractivity contribution is -0.120. The highest BCUT2D eigenvalue weighted by molar-refractivity contribution is 6.35. The number of ether oxygens (including phenoxy) is 1. The van der Waals surface area contributed by atoms with E-state index in [2.05, 4.69) is 10.5 Å². The van der Waals surface area contributed by atoms with Gasteiger partial charge in [0, 0.05) is 22.6 Å². The maximum atomic E-state index is 12.7. The van der Waals surface area contributed by atoms with Crippen LogP contribution in [-0.4, -0.2) is 17.6 Å². The molecule has 1 aliphatic carbocycles. The maximum absolute atomic E-state index is 12.7. The maximum Gasteiger partial charge on any atom is 0.379 e. The van der Waals surface area contributed by atoms with Crippen LogP contribution in [0, 0.1) is 6.92 Å². The second-order valence-electron chi connectivity index (χ2n) is 7.43.